The SMILES string of the molecule is Cc1nn(CCCC(=O)Nc2cccc(C(F)(F)F)c2)c(=O)c2c1sc1ccccc12. The number of hydrogen-bond acceptors (Lipinski definition) is 4. The van der Waals surface area contributed by atoms with E-state index >= 15 is 0 Å². The highest BCUT2D eigenvalue weighted by molar-refractivity contribution is 7.26. The molecule has 5 nitrogen and oxygen atoms in total. The summed E-state index contributed by atoms with van der Waals surface area (Å²) in [6, 6.07) is 12.1. The number of fused-ring (bicyclic) bond motifs is 3. The third-order valence-electron chi connectivity index (χ3n) is 4.89. The van der Waals surface area contributed by atoms with Crippen LogP contribution >= 0.6 is 11.3 Å². The van der Waals surface area contributed by atoms with Crippen molar-refractivity contribution in [1.29, 1.82) is 0 Å². The van der Waals surface area contributed by atoms with E-state index in [4.69, 9.17) is 0 Å². The summed E-state index contributed by atoms with van der Waals surface area (Å²) in [5.41, 5.74) is -0.217. The fourth-order valence-corrected chi connectivity index (χ4v) is 4.59. The molecule has 0 radical (unpaired) electrons. The van der Waals surface area contributed by atoms with Crippen LogP contribution in [0, 0.1) is 6.92 Å². The Morgan fingerprint density at radius 2 is 1.94 bits per heavy atom. The number of nitrogens with one attached hydrogen (secondary N) is 1. The van der Waals surface area contributed by atoms with Gasteiger partial charge in [0.05, 0.1) is 21.3 Å². The van der Waals surface area contributed by atoms with E-state index in [0.717, 1.165) is 32.6 Å². The molecule has 0 unspecified atom stereocenters. The minimum atomic E-state index is -4.48. The summed E-state index contributed by atoms with van der Waals surface area (Å²) in [5.74, 6) is -0.425. The number of benzene rings is 2. The topological polar surface area (TPSA) is 64.0 Å². The number of amides is 1. The van der Waals surface area contributed by atoms with Crippen molar-refractivity contribution in [1.82, 2.24) is 9.78 Å². The highest BCUT2D eigenvalue weighted by Crippen LogP contribution is 2.33. The first-order valence-electron chi connectivity index (χ1n) is 9.60. The van der Waals surface area contributed by atoms with Gasteiger partial charge in [0.2, 0.25) is 5.91 Å². The molecule has 0 aliphatic carbocycles. The fraction of sp³-hybridized carbons (Fsp3) is 0.227. The second kappa shape index (κ2) is 8.14. The standard InChI is InChI=1S/C22H18F3N3O2S/c1-13-20-19(16-8-2-3-9-17(16)31-20)21(30)28(27-13)11-5-10-18(29)26-15-7-4-6-14(12-15)22(23,24)25/h2-4,6-9,12H,5,10-11H2,1H3,(H,26,29). The third kappa shape index (κ3) is 4.32. The first kappa shape index (κ1) is 21.0. The zero-order valence-electron chi connectivity index (χ0n) is 16.5. The van der Waals surface area contributed by atoms with Crippen LogP contribution in [0.15, 0.2) is 53.3 Å². The van der Waals surface area contributed by atoms with Gasteiger partial charge in [-0.2, -0.15) is 18.3 Å². The molecule has 4 rings (SSSR count). The molecule has 0 fully saturated rings. The lowest BCUT2D eigenvalue weighted by molar-refractivity contribution is -0.137. The Morgan fingerprint density at radius 3 is 2.71 bits per heavy atom. The van der Waals surface area contributed by atoms with E-state index in [2.05, 4.69) is 10.4 Å². The zero-order valence-corrected chi connectivity index (χ0v) is 17.3. The van der Waals surface area contributed by atoms with E-state index in [-0.39, 0.29) is 24.2 Å². The number of carbonyl (C=O) groups is 1. The van der Waals surface area contributed by atoms with Crippen LogP contribution in [0.1, 0.15) is 24.1 Å². The summed E-state index contributed by atoms with van der Waals surface area (Å²) < 4.78 is 41.6. The number of thiophene rings is 1. The Bertz CT molecular complexity index is 1340. The lowest BCUT2D eigenvalue weighted by Gasteiger charge is -2.10. The van der Waals surface area contributed by atoms with Crippen LogP contribution in [0.3, 0.4) is 0 Å². The molecule has 0 saturated heterocycles. The summed E-state index contributed by atoms with van der Waals surface area (Å²) in [6.07, 6.45) is -4.10. The molecule has 4 aromatic rings. The molecule has 160 valence electrons. The number of anilines is 1. The molecule has 0 atom stereocenters. The molecule has 31 heavy (non-hydrogen) atoms. The zero-order chi connectivity index (χ0) is 22.2. The normalized spacial score (nSPS) is 11.9. The Labute approximate surface area is 179 Å². The molecule has 2 aromatic heterocycles. The largest absolute Gasteiger partial charge is 0.416 e. The number of nitrogens with zero attached hydrogens (tertiary/aromatic N) is 2. The van der Waals surface area contributed by atoms with E-state index in [1.807, 2.05) is 31.2 Å². The minimum Gasteiger partial charge on any atom is -0.326 e. The van der Waals surface area contributed by atoms with Crippen molar-refractivity contribution in [3.8, 4) is 0 Å². The summed E-state index contributed by atoms with van der Waals surface area (Å²) in [6.45, 7) is 2.07. The van der Waals surface area contributed by atoms with Crippen LogP contribution in [-0.2, 0) is 17.5 Å². The maximum atomic E-state index is 13.0. The maximum Gasteiger partial charge on any atom is 0.416 e. The second-order valence-electron chi connectivity index (χ2n) is 7.15. The number of aromatic nitrogens is 2. The van der Waals surface area contributed by atoms with Crippen LogP contribution in [0.5, 0.6) is 0 Å². The lowest BCUT2D eigenvalue weighted by Crippen LogP contribution is -2.24. The Hall–Kier alpha value is -3.20. The van der Waals surface area contributed by atoms with Crippen molar-refractivity contribution in [3.05, 3.63) is 70.1 Å². The molecular weight excluding hydrogens is 427 g/mol. The van der Waals surface area contributed by atoms with Crippen LogP contribution in [-0.4, -0.2) is 15.7 Å². The Kier molecular flexibility index (Phi) is 5.53. The van der Waals surface area contributed by atoms with Crippen molar-refractivity contribution < 1.29 is 18.0 Å². The van der Waals surface area contributed by atoms with Crippen molar-refractivity contribution in [2.75, 3.05) is 5.32 Å². The summed E-state index contributed by atoms with van der Waals surface area (Å²) >= 11 is 1.52. The van der Waals surface area contributed by atoms with Crippen molar-refractivity contribution in [2.45, 2.75) is 32.5 Å². The molecule has 0 aliphatic rings. The van der Waals surface area contributed by atoms with Crippen molar-refractivity contribution in [3.63, 3.8) is 0 Å². The predicted molar refractivity (Wildman–Crippen MR) is 115 cm³/mol. The molecular formula is C22H18F3N3O2S. The van der Waals surface area contributed by atoms with E-state index in [1.54, 1.807) is 0 Å². The highest BCUT2D eigenvalue weighted by Gasteiger charge is 2.30. The summed E-state index contributed by atoms with van der Waals surface area (Å²) in [4.78, 5) is 25.1. The molecule has 0 saturated carbocycles. The Balaban J connectivity index is 1.46. The monoisotopic (exact) mass is 445 g/mol. The Morgan fingerprint density at radius 1 is 1.16 bits per heavy atom. The van der Waals surface area contributed by atoms with Crippen LogP contribution in [0.4, 0.5) is 18.9 Å². The van der Waals surface area contributed by atoms with Crippen molar-refractivity contribution >= 4 is 43.1 Å². The second-order valence-corrected chi connectivity index (χ2v) is 8.20. The van der Waals surface area contributed by atoms with Gasteiger partial charge in [-0.3, -0.25) is 9.59 Å². The first-order chi connectivity index (χ1) is 14.7. The van der Waals surface area contributed by atoms with E-state index in [9.17, 15) is 22.8 Å². The molecule has 0 spiro atoms. The van der Waals surface area contributed by atoms with E-state index < -0.39 is 17.6 Å². The van der Waals surface area contributed by atoms with Gasteiger partial charge in [0, 0.05) is 28.7 Å². The van der Waals surface area contributed by atoms with Crippen LogP contribution in [0.2, 0.25) is 0 Å². The average molecular weight is 445 g/mol. The molecule has 1 amide bonds. The van der Waals surface area contributed by atoms with Gasteiger partial charge in [-0.1, -0.05) is 24.3 Å². The van der Waals surface area contributed by atoms with Gasteiger partial charge in [-0.15, -0.1) is 11.3 Å². The maximum absolute atomic E-state index is 13.0. The van der Waals surface area contributed by atoms with Crippen LogP contribution < -0.4 is 10.9 Å². The highest BCUT2D eigenvalue weighted by atomic mass is 32.1. The average Bonchev–Trinajstić information content (AvgIpc) is 3.12. The van der Waals surface area contributed by atoms with Gasteiger partial charge in [-0.25, -0.2) is 4.68 Å². The molecule has 0 aliphatic heterocycles. The van der Waals surface area contributed by atoms with Crippen LogP contribution in [0.25, 0.3) is 20.2 Å². The predicted octanol–water partition coefficient (Wildman–Crippen LogP) is 5.36. The molecule has 0 bridgehead atoms. The number of halogens is 3. The molecule has 9 heteroatoms. The van der Waals surface area contributed by atoms with Gasteiger partial charge in [0.25, 0.3) is 5.56 Å². The summed E-state index contributed by atoms with van der Waals surface area (Å²) in [5, 5.41) is 8.35. The third-order valence-corrected chi connectivity index (χ3v) is 6.17. The minimum absolute atomic E-state index is 0.0475. The quantitative estimate of drug-likeness (QED) is 0.450. The molecule has 1 N–H and O–H groups in total. The van der Waals surface area contributed by atoms with Gasteiger partial charge in [-0.05, 0) is 37.6 Å². The molecule has 2 aromatic carbocycles. The lowest BCUT2D eigenvalue weighted by atomic mass is 10.2. The van der Waals surface area contributed by atoms with Gasteiger partial charge < -0.3 is 5.32 Å². The number of alkyl halides is 3. The smallest absolute Gasteiger partial charge is 0.326 e. The van der Waals surface area contributed by atoms with Gasteiger partial charge in [0.15, 0.2) is 0 Å². The molecule has 2 heterocycles. The number of rotatable bonds is 5. The van der Waals surface area contributed by atoms with Crippen molar-refractivity contribution in [2.24, 2.45) is 0 Å². The number of hydrogen-bond donors (Lipinski definition) is 1. The first-order valence-corrected chi connectivity index (χ1v) is 10.4. The van der Waals surface area contributed by atoms with Gasteiger partial charge in [0.1, 0.15) is 0 Å². The van der Waals surface area contributed by atoms with Gasteiger partial charge >= 0.3 is 6.18 Å². The fourth-order valence-electron chi connectivity index (χ4n) is 3.45. The number of aryl methyl sites for hydroxylation is 2. The van der Waals surface area contributed by atoms with E-state index in [0.29, 0.717) is 11.8 Å². The van der Waals surface area contributed by atoms with E-state index in [1.165, 1.54) is 28.2 Å². The number of carbonyl (C=O) groups excluding carboxylic acids is 1. The summed E-state index contributed by atoms with van der Waals surface area (Å²) in [7, 11) is 0.